The Kier molecular flexibility index (Phi) is 11.5. The first-order valence-electron chi connectivity index (χ1n) is 10.7. The van der Waals surface area contributed by atoms with Crippen LogP contribution < -0.4 is 10.6 Å². The van der Waals surface area contributed by atoms with Gasteiger partial charge < -0.3 is 10.6 Å². The monoisotopic (exact) mass is 541 g/mol. The molecule has 3 rings (SSSR count). The second-order valence-corrected chi connectivity index (χ2v) is 7.90. The van der Waals surface area contributed by atoms with Crippen LogP contribution in [0, 0.1) is 0 Å². The first kappa shape index (κ1) is 24.9. The van der Waals surface area contributed by atoms with E-state index in [1.807, 2.05) is 18.3 Å². The average Bonchev–Trinajstić information content (AvgIpc) is 2.75. The van der Waals surface area contributed by atoms with Crippen LogP contribution in [-0.2, 0) is 19.5 Å². The highest BCUT2D eigenvalue weighted by Gasteiger charge is 2.10. The molecule has 2 heterocycles. The van der Waals surface area contributed by atoms with Crippen LogP contribution in [0.15, 0.2) is 47.6 Å². The van der Waals surface area contributed by atoms with E-state index in [9.17, 15) is 0 Å². The summed E-state index contributed by atoms with van der Waals surface area (Å²) in [6.45, 7) is 7.91. The van der Waals surface area contributed by atoms with Crippen molar-refractivity contribution >= 4 is 41.5 Å². The number of piperidine rings is 1. The van der Waals surface area contributed by atoms with Crippen LogP contribution in [0.2, 0.25) is 5.15 Å². The van der Waals surface area contributed by atoms with Crippen LogP contribution in [0.3, 0.4) is 0 Å². The Labute approximate surface area is 202 Å². The fraction of sp³-hybridized carbons (Fsp3) is 0.478. The van der Waals surface area contributed by atoms with E-state index >= 15 is 0 Å². The van der Waals surface area contributed by atoms with Gasteiger partial charge in [0.2, 0.25) is 0 Å². The molecule has 164 valence electrons. The Morgan fingerprint density at radius 1 is 1.00 bits per heavy atom. The van der Waals surface area contributed by atoms with Crippen molar-refractivity contribution < 1.29 is 0 Å². The Balaban J connectivity index is 0.00000320. The SMILES string of the molecule is CCNC(=NCc1ccc(CN2CCCCC2)cc1)NCCc1ccc(Cl)nc1.I. The predicted octanol–water partition coefficient (Wildman–Crippen LogP) is 4.64. The molecule has 0 saturated carbocycles. The van der Waals surface area contributed by atoms with Crippen molar-refractivity contribution in [1.29, 1.82) is 0 Å². The molecule has 1 aliphatic heterocycles. The lowest BCUT2D eigenvalue weighted by atomic mass is 10.1. The average molecular weight is 542 g/mol. The maximum absolute atomic E-state index is 5.84. The maximum Gasteiger partial charge on any atom is 0.191 e. The van der Waals surface area contributed by atoms with Crippen LogP contribution in [-0.4, -0.2) is 42.0 Å². The van der Waals surface area contributed by atoms with Gasteiger partial charge in [-0.2, -0.15) is 0 Å². The summed E-state index contributed by atoms with van der Waals surface area (Å²) < 4.78 is 0. The van der Waals surface area contributed by atoms with Crippen molar-refractivity contribution in [3.63, 3.8) is 0 Å². The molecule has 2 N–H and O–H groups in total. The van der Waals surface area contributed by atoms with Gasteiger partial charge in [0.15, 0.2) is 5.96 Å². The third-order valence-corrected chi connectivity index (χ3v) is 5.36. The number of rotatable bonds is 8. The molecule has 5 nitrogen and oxygen atoms in total. The first-order chi connectivity index (χ1) is 14.2. The predicted molar refractivity (Wildman–Crippen MR) is 137 cm³/mol. The number of halogens is 2. The Morgan fingerprint density at radius 3 is 2.37 bits per heavy atom. The Morgan fingerprint density at radius 2 is 1.70 bits per heavy atom. The van der Waals surface area contributed by atoms with E-state index in [2.05, 4.69) is 51.7 Å². The smallest absolute Gasteiger partial charge is 0.191 e. The van der Waals surface area contributed by atoms with Crippen LogP contribution in [0.4, 0.5) is 0 Å². The van der Waals surface area contributed by atoms with E-state index in [1.165, 1.54) is 43.5 Å². The topological polar surface area (TPSA) is 52.6 Å². The molecule has 0 radical (unpaired) electrons. The zero-order valence-corrected chi connectivity index (χ0v) is 20.8. The van der Waals surface area contributed by atoms with E-state index in [0.29, 0.717) is 11.7 Å². The van der Waals surface area contributed by atoms with Crippen LogP contribution >= 0.6 is 35.6 Å². The minimum Gasteiger partial charge on any atom is -0.357 e. The summed E-state index contributed by atoms with van der Waals surface area (Å²) in [5.74, 6) is 0.840. The molecule has 0 unspecified atom stereocenters. The van der Waals surface area contributed by atoms with Gasteiger partial charge in [-0.15, -0.1) is 24.0 Å². The summed E-state index contributed by atoms with van der Waals surface area (Å²) in [5.41, 5.74) is 3.77. The zero-order chi connectivity index (χ0) is 20.3. The molecule has 1 aromatic heterocycles. The third-order valence-electron chi connectivity index (χ3n) is 5.14. The number of aliphatic imine (C=N–C) groups is 1. The molecule has 1 aliphatic rings. The highest BCUT2D eigenvalue weighted by molar-refractivity contribution is 14.0. The second kappa shape index (κ2) is 13.8. The van der Waals surface area contributed by atoms with Gasteiger partial charge in [0, 0.05) is 25.8 Å². The largest absolute Gasteiger partial charge is 0.357 e. The van der Waals surface area contributed by atoms with E-state index in [4.69, 9.17) is 16.6 Å². The van der Waals surface area contributed by atoms with Crippen molar-refractivity contribution in [2.24, 2.45) is 4.99 Å². The number of hydrogen-bond donors (Lipinski definition) is 2. The van der Waals surface area contributed by atoms with Crippen LogP contribution in [0.1, 0.15) is 42.9 Å². The fourth-order valence-corrected chi connectivity index (χ4v) is 3.63. The second-order valence-electron chi connectivity index (χ2n) is 7.51. The summed E-state index contributed by atoms with van der Waals surface area (Å²) in [5, 5.41) is 7.23. The molecule has 0 aliphatic carbocycles. The Hall–Kier alpha value is -1.38. The van der Waals surface area contributed by atoms with Crippen molar-refractivity contribution in [2.75, 3.05) is 26.2 Å². The number of benzene rings is 1. The maximum atomic E-state index is 5.84. The first-order valence-corrected chi connectivity index (χ1v) is 11.0. The van der Waals surface area contributed by atoms with E-state index < -0.39 is 0 Å². The number of nitrogens with one attached hydrogen (secondary N) is 2. The lowest BCUT2D eigenvalue weighted by Crippen LogP contribution is -2.38. The van der Waals surface area contributed by atoms with Crippen LogP contribution in [0.5, 0.6) is 0 Å². The molecule has 0 bridgehead atoms. The van der Waals surface area contributed by atoms with Crippen molar-refractivity contribution in [3.8, 4) is 0 Å². The molecule has 0 spiro atoms. The summed E-state index contributed by atoms with van der Waals surface area (Å²) in [7, 11) is 0. The molecule has 7 heteroatoms. The number of nitrogens with zero attached hydrogens (tertiary/aromatic N) is 3. The fourth-order valence-electron chi connectivity index (χ4n) is 3.52. The zero-order valence-electron chi connectivity index (χ0n) is 17.7. The van der Waals surface area contributed by atoms with Gasteiger partial charge in [0.1, 0.15) is 5.15 Å². The van der Waals surface area contributed by atoms with Crippen molar-refractivity contribution in [3.05, 3.63) is 64.4 Å². The third kappa shape index (κ3) is 8.78. The van der Waals surface area contributed by atoms with Gasteiger partial charge in [-0.3, -0.25) is 4.90 Å². The van der Waals surface area contributed by atoms with Crippen molar-refractivity contribution in [2.45, 2.75) is 45.7 Å². The number of guanidine groups is 1. The molecule has 0 atom stereocenters. The highest BCUT2D eigenvalue weighted by atomic mass is 127. The van der Waals surface area contributed by atoms with Crippen LogP contribution in [0.25, 0.3) is 0 Å². The summed E-state index contributed by atoms with van der Waals surface area (Å²) in [4.78, 5) is 11.4. The number of aromatic nitrogens is 1. The molecular weight excluding hydrogens is 509 g/mol. The number of hydrogen-bond acceptors (Lipinski definition) is 3. The van der Waals surface area contributed by atoms with Gasteiger partial charge in [-0.25, -0.2) is 9.98 Å². The molecule has 2 aromatic rings. The summed E-state index contributed by atoms with van der Waals surface area (Å²) in [6, 6.07) is 12.7. The molecule has 1 saturated heterocycles. The minimum atomic E-state index is 0. The lowest BCUT2D eigenvalue weighted by Gasteiger charge is -2.26. The van der Waals surface area contributed by atoms with Gasteiger partial charge in [-0.1, -0.05) is 48.4 Å². The van der Waals surface area contributed by atoms with Gasteiger partial charge >= 0.3 is 0 Å². The molecular formula is C23H33ClIN5. The normalized spacial score (nSPS) is 14.8. The van der Waals surface area contributed by atoms with E-state index in [0.717, 1.165) is 37.6 Å². The number of likely N-dealkylation sites (tertiary alicyclic amines) is 1. The molecule has 30 heavy (non-hydrogen) atoms. The number of pyridine rings is 1. The highest BCUT2D eigenvalue weighted by Crippen LogP contribution is 2.14. The van der Waals surface area contributed by atoms with Crippen molar-refractivity contribution in [1.82, 2.24) is 20.5 Å². The molecule has 1 fully saturated rings. The van der Waals surface area contributed by atoms with E-state index in [-0.39, 0.29) is 24.0 Å². The molecule has 1 aromatic carbocycles. The van der Waals surface area contributed by atoms with Gasteiger partial charge in [0.05, 0.1) is 6.54 Å². The lowest BCUT2D eigenvalue weighted by molar-refractivity contribution is 0.221. The minimum absolute atomic E-state index is 0. The summed E-state index contributed by atoms with van der Waals surface area (Å²) in [6.07, 6.45) is 6.74. The van der Waals surface area contributed by atoms with Gasteiger partial charge in [0.25, 0.3) is 0 Å². The quantitative estimate of drug-likeness (QED) is 0.221. The summed E-state index contributed by atoms with van der Waals surface area (Å²) >= 11 is 5.84. The Bertz CT molecular complexity index is 758. The standard InChI is InChI=1S/C23H32ClN5.HI/c1-2-25-23(26-13-12-20-10-11-22(24)27-16-20)28-17-19-6-8-21(9-7-19)18-29-14-4-3-5-15-29;/h6-11,16H,2-5,12-15,17-18H2,1H3,(H2,25,26,28);1H. The van der Waals surface area contributed by atoms with Gasteiger partial charge in [-0.05, 0) is 62.0 Å². The van der Waals surface area contributed by atoms with E-state index in [1.54, 1.807) is 0 Å². The molecule has 0 amide bonds.